The van der Waals surface area contributed by atoms with Crippen molar-refractivity contribution < 1.29 is 18.1 Å². The zero-order valence-electron chi connectivity index (χ0n) is 20.6. The van der Waals surface area contributed by atoms with Crippen LogP contribution in [0, 0.1) is 10.1 Å². The van der Waals surface area contributed by atoms with Crippen molar-refractivity contribution in [3.05, 3.63) is 94.5 Å². The van der Waals surface area contributed by atoms with Crippen molar-refractivity contribution in [2.24, 2.45) is 0 Å². The van der Waals surface area contributed by atoms with Gasteiger partial charge in [0.1, 0.15) is 6.54 Å². The fourth-order valence-electron chi connectivity index (χ4n) is 4.42. The van der Waals surface area contributed by atoms with Crippen molar-refractivity contribution in [1.82, 2.24) is 5.32 Å². The average molecular weight is 523 g/mol. The predicted molar refractivity (Wildman–Crippen MR) is 143 cm³/mol. The summed E-state index contributed by atoms with van der Waals surface area (Å²) in [6, 6.07) is 20.6. The van der Waals surface area contributed by atoms with Gasteiger partial charge in [-0.25, -0.2) is 8.42 Å². The van der Waals surface area contributed by atoms with Gasteiger partial charge in [-0.05, 0) is 62.1 Å². The molecule has 1 aliphatic rings. The SMILES string of the molecule is CC(NC(=O)CN(c1cccc([N+](=O)[O-])c1)S(=O)(=O)c1ccccc1)c1ccc(N2CCCCC2)cc1. The van der Waals surface area contributed by atoms with Crippen LogP contribution in [0.15, 0.2) is 83.8 Å². The Morgan fingerprint density at radius 3 is 2.32 bits per heavy atom. The van der Waals surface area contributed by atoms with E-state index in [0.29, 0.717) is 0 Å². The molecule has 3 aromatic rings. The first-order valence-corrected chi connectivity index (χ1v) is 13.7. The number of hydrogen-bond donors (Lipinski definition) is 1. The molecule has 0 bridgehead atoms. The Labute approximate surface area is 216 Å². The number of benzene rings is 3. The number of carbonyl (C=O) groups is 1. The van der Waals surface area contributed by atoms with E-state index in [1.54, 1.807) is 18.2 Å². The summed E-state index contributed by atoms with van der Waals surface area (Å²) >= 11 is 0. The molecule has 0 aliphatic carbocycles. The van der Waals surface area contributed by atoms with Gasteiger partial charge in [-0.1, -0.05) is 36.4 Å². The number of nitrogens with zero attached hydrogens (tertiary/aromatic N) is 3. The largest absolute Gasteiger partial charge is 0.372 e. The van der Waals surface area contributed by atoms with Crippen LogP contribution < -0.4 is 14.5 Å². The summed E-state index contributed by atoms with van der Waals surface area (Å²) in [5.74, 6) is -0.529. The number of piperidine rings is 1. The monoisotopic (exact) mass is 522 g/mol. The standard InChI is InChI=1S/C27H30N4O5S/c1-21(22-13-15-23(16-14-22)29-17-6-3-7-18-29)28-27(32)20-30(24-9-8-10-25(19-24)31(33)34)37(35,36)26-11-4-2-5-12-26/h2,4-5,8-16,19,21H,3,6-7,17-18,20H2,1H3,(H,28,32). The number of sulfonamides is 1. The third-order valence-corrected chi connectivity index (χ3v) is 8.23. The number of amides is 1. The lowest BCUT2D eigenvalue weighted by Gasteiger charge is -2.29. The molecule has 37 heavy (non-hydrogen) atoms. The van der Waals surface area contributed by atoms with Gasteiger partial charge in [0.15, 0.2) is 0 Å². The molecular formula is C27H30N4O5S. The molecule has 0 spiro atoms. The summed E-state index contributed by atoms with van der Waals surface area (Å²) < 4.78 is 27.8. The molecule has 0 aromatic heterocycles. The Balaban J connectivity index is 1.53. The number of anilines is 2. The highest BCUT2D eigenvalue weighted by Crippen LogP contribution is 2.27. The maximum Gasteiger partial charge on any atom is 0.271 e. The highest BCUT2D eigenvalue weighted by atomic mass is 32.2. The fourth-order valence-corrected chi connectivity index (χ4v) is 5.86. The molecule has 10 heteroatoms. The Morgan fingerprint density at radius 1 is 1.00 bits per heavy atom. The Kier molecular flexibility index (Phi) is 8.08. The molecule has 1 aliphatic heterocycles. The van der Waals surface area contributed by atoms with Crippen molar-refractivity contribution in [1.29, 1.82) is 0 Å². The molecule has 1 atom stereocenters. The number of non-ortho nitro benzene ring substituents is 1. The maximum absolute atomic E-state index is 13.5. The predicted octanol–water partition coefficient (Wildman–Crippen LogP) is 4.66. The number of nitro benzene ring substituents is 1. The van der Waals surface area contributed by atoms with E-state index in [2.05, 4.69) is 10.2 Å². The lowest BCUT2D eigenvalue weighted by atomic mass is 10.1. The number of nitro groups is 1. The summed E-state index contributed by atoms with van der Waals surface area (Å²) in [4.78, 5) is 26.1. The summed E-state index contributed by atoms with van der Waals surface area (Å²) in [5, 5.41) is 14.2. The number of carbonyl (C=O) groups excluding carboxylic acids is 1. The van der Waals surface area contributed by atoms with E-state index in [1.807, 2.05) is 31.2 Å². The van der Waals surface area contributed by atoms with Gasteiger partial charge in [0.25, 0.3) is 15.7 Å². The van der Waals surface area contributed by atoms with Crippen LogP contribution in [0.2, 0.25) is 0 Å². The van der Waals surface area contributed by atoms with Gasteiger partial charge in [-0.15, -0.1) is 0 Å². The van der Waals surface area contributed by atoms with Crippen molar-refractivity contribution in [3.63, 3.8) is 0 Å². The quantitative estimate of drug-likeness (QED) is 0.323. The normalized spacial score (nSPS) is 14.6. The van der Waals surface area contributed by atoms with E-state index in [4.69, 9.17) is 0 Å². The van der Waals surface area contributed by atoms with Crippen molar-refractivity contribution in [2.75, 3.05) is 28.8 Å². The first-order valence-electron chi connectivity index (χ1n) is 12.2. The van der Waals surface area contributed by atoms with Gasteiger partial charge in [0.05, 0.1) is 21.5 Å². The third-order valence-electron chi connectivity index (χ3n) is 6.44. The summed E-state index contributed by atoms with van der Waals surface area (Å²) in [5.41, 5.74) is 1.80. The number of hydrogen-bond acceptors (Lipinski definition) is 6. The molecule has 3 aromatic carbocycles. The van der Waals surface area contributed by atoms with Crippen LogP contribution in [0.4, 0.5) is 17.1 Å². The van der Waals surface area contributed by atoms with E-state index >= 15 is 0 Å². The first-order chi connectivity index (χ1) is 17.8. The molecule has 1 fully saturated rings. The second kappa shape index (κ2) is 11.4. The minimum atomic E-state index is -4.17. The van der Waals surface area contributed by atoms with Crippen LogP contribution in [0.5, 0.6) is 0 Å². The zero-order chi connectivity index (χ0) is 26.4. The van der Waals surface area contributed by atoms with Gasteiger partial charge in [-0.3, -0.25) is 19.2 Å². The Hall–Kier alpha value is -3.92. The molecule has 1 heterocycles. The average Bonchev–Trinajstić information content (AvgIpc) is 2.92. The molecule has 1 N–H and O–H groups in total. The summed E-state index contributed by atoms with van der Waals surface area (Å²) in [7, 11) is -4.17. The van der Waals surface area contributed by atoms with Crippen LogP contribution in [0.3, 0.4) is 0 Å². The molecular weight excluding hydrogens is 492 g/mol. The van der Waals surface area contributed by atoms with Gasteiger partial charge in [-0.2, -0.15) is 0 Å². The van der Waals surface area contributed by atoms with Gasteiger partial charge < -0.3 is 10.2 Å². The topological polar surface area (TPSA) is 113 Å². The van der Waals surface area contributed by atoms with Crippen LogP contribution >= 0.6 is 0 Å². The van der Waals surface area contributed by atoms with Crippen molar-refractivity contribution >= 4 is 33.0 Å². The molecule has 0 saturated carbocycles. The van der Waals surface area contributed by atoms with Gasteiger partial charge in [0, 0.05) is 30.9 Å². The second-order valence-electron chi connectivity index (χ2n) is 9.03. The van der Waals surface area contributed by atoms with Crippen LogP contribution in [0.1, 0.15) is 37.8 Å². The fraction of sp³-hybridized carbons (Fsp3) is 0.296. The molecule has 1 amide bonds. The highest BCUT2D eigenvalue weighted by molar-refractivity contribution is 7.92. The highest BCUT2D eigenvalue weighted by Gasteiger charge is 2.28. The first kappa shape index (κ1) is 26.2. The van der Waals surface area contributed by atoms with Crippen LogP contribution in [-0.4, -0.2) is 38.9 Å². The molecule has 1 saturated heterocycles. The smallest absolute Gasteiger partial charge is 0.271 e. The summed E-state index contributed by atoms with van der Waals surface area (Å²) in [6.07, 6.45) is 3.62. The second-order valence-corrected chi connectivity index (χ2v) is 10.9. The third kappa shape index (κ3) is 6.26. The van der Waals surface area contributed by atoms with E-state index in [1.165, 1.54) is 49.6 Å². The van der Waals surface area contributed by atoms with E-state index < -0.39 is 27.4 Å². The van der Waals surface area contributed by atoms with Crippen LogP contribution in [-0.2, 0) is 14.8 Å². The van der Waals surface area contributed by atoms with E-state index in [0.717, 1.165) is 34.7 Å². The lowest BCUT2D eigenvalue weighted by Crippen LogP contribution is -2.41. The molecule has 194 valence electrons. The minimum Gasteiger partial charge on any atom is -0.372 e. The van der Waals surface area contributed by atoms with Gasteiger partial charge >= 0.3 is 0 Å². The molecule has 9 nitrogen and oxygen atoms in total. The minimum absolute atomic E-state index is 0.0179. The number of nitrogens with one attached hydrogen (secondary N) is 1. The zero-order valence-corrected chi connectivity index (χ0v) is 21.4. The Bertz CT molecular complexity index is 1340. The summed E-state index contributed by atoms with van der Waals surface area (Å²) in [6.45, 7) is 3.37. The van der Waals surface area contributed by atoms with Crippen molar-refractivity contribution in [2.45, 2.75) is 37.1 Å². The Morgan fingerprint density at radius 2 is 1.68 bits per heavy atom. The lowest BCUT2D eigenvalue weighted by molar-refractivity contribution is -0.384. The van der Waals surface area contributed by atoms with E-state index in [-0.39, 0.29) is 22.3 Å². The molecule has 4 rings (SSSR count). The number of rotatable bonds is 9. The molecule has 0 radical (unpaired) electrons. The van der Waals surface area contributed by atoms with Crippen LogP contribution in [0.25, 0.3) is 0 Å². The molecule has 1 unspecified atom stereocenters. The van der Waals surface area contributed by atoms with E-state index in [9.17, 15) is 23.3 Å². The van der Waals surface area contributed by atoms with Gasteiger partial charge in [0.2, 0.25) is 5.91 Å². The maximum atomic E-state index is 13.5. The van der Waals surface area contributed by atoms with Crippen molar-refractivity contribution in [3.8, 4) is 0 Å².